The van der Waals surface area contributed by atoms with Crippen molar-refractivity contribution in [1.29, 1.82) is 0 Å². The van der Waals surface area contributed by atoms with Crippen molar-refractivity contribution >= 4 is 11.5 Å². The summed E-state index contributed by atoms with van der Waals surface area (Å²) in [7, 11) is 7.07. The molecule has 0 aliphatic heterocycles. The monoisotopic (exact) mass is 329 g/mol. The third-order valence-electron chi connectivity index (χ3n) is 3.69. The van der Waals surface area contributed by atoms with Gasteiger partial charge in [-0.3, -0.25) is 4.79 Å². The summed E-state index contributed by atoms with van der Waals surface area (Å²) in [4.78, 5) is 14.0. The Kier molecular flexibility index (Phi) is 5.68. The molecule has 0 aliphatic rings. The predicted molar refractivity (Wildman–Crippen MR) is 94.7 cm³/mol. The highest BCUT2D eigenvalue weighted by molar-refractivity contribution is 6.00. The van der Waals surface area contributed by atoms with Crippen LogP contribution in [0.25, 0.3) is 0 Å². The molecule has 0 amide bonds. The first-order valence-corrected chi connectivity index (χ1v) is 7.62. The first kappa shape index (κ1) is 17.7. The van der Waals surface area contributed by atoms with Crippen LogP contribution in [-0.4, -0.2) is 34.1 Å². The number of rotatable bonds is 7. The van der Waals surface area contributed by atoms with Crippen LogP contribution in [0.3, 0.4) is 0 Å². The second-order valence-electron chi connectivity index (χ2n) is 5.61. The summed E-state index contributed by atoms with van der Waals surface area (Å²) in [5, 5.41) is 0. The summed E-state index contributed by atoms with van der Waals surface area (Å²) in [6.07, 6.45) is 0. The lowest BCUT2D eigenvalue weighted by atomic mass is 10.1. The molecule has 0 saturated heterocycles. The van der Waals surface area contributed by atoms with E-state index in [0.717, 1.165) is 11.3 Å². The fourth-order valence-corrected chi connectivity index (χ4v) is 2.36. The lowest BCUT2D eigenvalue weighted by Crippen LogP contribution is -2.08. The number of hydrogen-bond donors (Lipinski definition) is 0. The molecule has 0 radical (unpaired) electrons. The van der Waals surface area contributed by atoms with Crippen LogP contribution < -0.4 is 19.1 Å². The minimum Gasteiger partial charge on any atom is -0.496 e. The van der Waals surface area contributed by atoms with Gasteiger partial charge in [0.2, 0.25) is 0 Å². The number of anilines is 1. The molecule has 0 N–H and O–H groups in total. The van der Waals surface area contributed by atoms with Crippen molar-refractivity contribution in [3.05, 3.63) is 47.5 Å². The molecule has 2 aromatic rings. The third-order valence-corrected chi connectivity index (χ3v) is 3.69. The lowest BCUT2D eigenvalue weighted by molar-refractivity contribution is 0.101. The van der Waals surface area contributed by atoms with Crippen LogP contribution in [0, 0.1) is 0 Å². The Morgan fingerprint density at radius 2 is 1.62 bits per heavy atom. The zero-order valence-corrected chi connectivity index (χ0v) is 14.8. The second-order valence-corrected chi connectivity index (χ2v) is 5.61. The average molecular weight is 329 g/mol. The van der Waals surface area contributed by atoms with E-state index in [1.807, 2.05) is 43.3 Å². The largest absolute Gasteiger partial charge is 0.496 e. The molecule has 5 nitrogen and oxygen atoms in total. The summed E-state index contributed by atoms with van der Waals surface area (Å²) >= 11 is 0. The highest BCUT2D eigenvalue weighted by atomic mass is 16.5. The van der Waals surface area contributed by atoms with Gasteiger partial charge in [0, 0.05) is 31.9 Å². The topological polar surface area (TPSA) is 48.0 Å². The number of carbonyl (C=O) groups is 1. The maximum atomic E-state index is 12.0. The van der Waals surface area contributed by atoms with Gasteiger partial charge in [-0.2, -0.15) is 0 Å². The summed E-state index contributed by atoms with van der Waals surface area (Å²) in [6.45, 7) is 1.84. The van der Waals surface area contributed by atoms with Gasteiger partial charge in [0.15, 0.2) is 5.78 Å². The number of nitrogens with zero attached hydrogens (tertiary/aromatic N) is 1. The molecule has 2 aromatic carbocycles. The van der Waals surface area contributed by atoms with E-state index in [2.05, 4.69) is 0 Å². The quantitative estimate of drug-likeness (QED) is 0.727. The minimum absolute atomic E-state index is 0.118. The summed E-state index contributed by atoms with van der Waals surface area (Å²) in [5.41, 5.74) is 2.55. The van der Waals surface area contributed by atoms with Gasteiger partial charge in [0.25, 0.3) is 0 Å². The Morgan fingerprint density at radius 3 is 2.12 bits per heavy atom. The molecule has 0 bridgehead atoms. The molecule has 2 rings (SSSR count). The van der Waals surface area contributed by atoms with Gasteiger partial charge in [0.1, 0.15) is 29.4 Å². The number of methoxy groups -OCH3 is 2. The maximum absolute atomic E-state index is 12.0. The zero-order valence-electron chi connectivity index (χ0n) is 14.8. The van der Waals surface area contributed by atoms with Crippen LogP contribution in [0.2, 0.25) is 0 Å². The third kappa shape index (κ3) is 3.98. The molecule has 0 unspecified atom stereocenters. The lowest BCUT2D eigenvalue weighted by Gasteiger charge is -2.16. The van der Waals surface area contributed by atoms with E-state index in [4.69, 9.17) is 14.2 Å². The van der Waals surface area contributed by atoms with Crippen LogP contribution in [0.4, 0.5) is 5.69 Å². The van der Waals surface area contributed by atoms with Gasteiger partial charge in [-0.05, 0) is 24.6 Å². The number of Topliss-reactive ketones (excluding diaryl/α,β-unsaturated/α-hetero) is 1. The number of hydrogen-bond acceptors (Lipinski definition) is 5. The van der Waals surface area contributed by atoms with Crippen LogP contribution >= 0.6 is 0 Å². The van der Waals surface area contributed by atoms with Crippen molar-refractivity contribution in [1.82, 2.24) is 0 Å². The molecule has 0 aromatic heterocycles. The fourth-order valence-electron chi connectivity index (χ4n) is 2.36. The predicted octanol–water partition coefficient (Wildman–Crippen LogP) is 3.55. The Balaban J connectivity index is 2.26. The van der Waals surface area contributed by atoms with Crippen molar-refractivity contribution in [2.45, 2.75) is 13.5 Å². The van der Waals surface area contributed by atoms with Crippen molar-refractivity contribution in [2.24, 2.45) is 0 Å². The first-order chi connectivity index (χ1) is 11.5. The van der Waals surface area contributed by atoms with E-state index in [1.54, 1.807) is 19.2 Å². The molecule has 0 fully saturated rings. The Morgan fingerprint density at radius 1 is 1.00 bits per heavy atom. The molecule has 128 valence electrons. The van der Waals surface area contributed by atoms with Gasteiger partial charge in [-0.25, -0.2) is 0 Å². The Bertz CT molecular complexity index is 708. The van der Waals surface area contributed by atoms with E-state index < -0.39 is 0 Å². The van der Waals surface area contributed by atoms with E-state index in [1.165, 1.54) is 14.0 Å². The van der Waals surface area contributed by atoms with Crippen LogP contribution in [-0.2, 0) is 6.61 Å². The van der Waals surface area contributed by atoms with Crippen molar-refractivity contribution in [2.75, 3.05) is 33.2 Å². The Labute approximate surface area is 142 Å². The Hall–Kier alpha value is -2.69. The fraction of sp³-hybridized carbons (Fsp3) is 0.316. The molecule has 0 heterocycles. The standard InChI is InChI=1S/C19H23NO4/c1-13(21)19-17(23-5)10-16(22-4)11-18(19)24-12-14-6-8-15(9-7-14)20(2)3/h6-11H,12H2,1-5H3. The van der Waals surface area contributed by atoms with E-state index in [-0.39, 0.29) is 5.78 Å². The second kappa shape index (κ2) is 7.73. The summed E-state index contributed by atoms with van der Waals surface area (Å²) < 4.78 is 16.4. The number of ether oxygens (including phenoxy) is 3. The average Bonchev–Trinajstić information content (AvgIpc) is 2.58. The highest BCUT2D eigenvalue weighted by Gasteiger charge is 2.17. The summed E-state index contributed by atoms with van der Waals surface area (Å²) in [5.74, 6) is 1.36. The van der Waals surface area contributed by atoms with Gasteiger partial charge in [0.05, 0.1) is 14.2 Å². The van der Waals surface area contributed by atoms with Gasteiger partial charge >= 0.3 is 0 Å². The van der Waals surface area contributed by atoms with Crippen LogP contribution in [0.1, 0.15) is 22.8 Å². The van der Waals surface area contributed by atoms with Crippen molar-refractivity contribution in [3.63, 3.8) is 0 Å². The van der Waals surface area contributed by atoms with Crippen molar-refractivity contribution in [3.8, 4) is 17.2 Å². The van der Waals surface area contributed by atoms with E-state index in [9.17, 15) is 4.79 Å². The molecule has 0 atom stereocenters. The molecule has 5 heteroatoms. The van der Waals surface area contributed by atoms with Crippen LogP contribution in [0.5, 0.6) is 17.2 Å². The highest BCUT2D eigenvalue weighted by Crippen LogP contribution is 2.35. The van der Waals surface area contributed by atoms with Gasteiger partial charge < -0.3 is 19.1 Å². The molecule has 0 saturated carbocycles. The SMILES string of the molecule is COc1cc(OC)c(C(C)=O)c(OCc2ccc(N(C)C)cc2)c1. The first-order valence-electron chi connectivity index (χ1n) is 7.62. The van der Waals surface area contributed by atoms with Gasteiger partial charge in [-0.15, -0.1) is 0 Å². The maximum Gasteiger partial charge on any atom is 0.167 e. The number of carbonyl (C=O) groups excluding carboxylic acids is 1. The minimum atomic E-state index is -0.118. The molecule has 24 heavy (non-hydrogen) atoms. The molecule has 0 spiro atoms. The smallest absolute Gasteiger partial charge is 0.167 e. The molecular weight excluding hydrogens is 306 g/mol. The molecule has 0 aliphatic carbocycles. The summed E-state index contributed by atoms with van der Waals surface area (Å²) in [6, 6.07) is 11.4. The normalized spacial score (nSPS) is 10.2. The van der Waals surface area contributed by atoms with Gasteiger partial charge in [-0.1, -0.05) is 12.1 Å². The van der Waals surface area contributed by atoms with Crippen LogP contribution in [0.15, 0.2) is 36.4 Å². The molecular formula is C19H23NO4. The van der Waals surface area contributed by atoms with Crippen molar-refractivity contribution < 1.29 is 19.0 Å². The number of ketones is 1. The van der Waals surface area contributed by atoms with E-state index in [0.29, 0.717) is 29.4 Å². The number of benzene rings is 2. The zero-order chi connectivity index (χ0) is 17.7. The van der Waals surface area contributed by atoms with E-state index >= 15 is 0 Å².